The van der Waals surface area contributed by atoms with Crippen molar-refractivity contribution in [3.8, 4) is 118 Å². The van der Waals surface area contributed by atoms with E-state index in [0.717, 1.165) is 116 Å². The summed E-state index contributed by atoms with van der Waals surface area (Å²) in [4.78, 5) is 15.9. The van der Waals surface area contributed by atoms with Gasteiger partial charge >= 0.3 is 0 Å². The number of aryl methyl sites for hydroxylation is 4. The molecule has 0 unspecified atom stereocenters. The first-order chi connectivity index (χ1) is 45.1. The highest BCUT2D eigenvalue weighted by Gasteiger charge is 2.25. The number of rotatable bonds is 11. The van der Waals surface area contributed by atoms with Gasteiger partial charge in [0.25, 0.3) is 0 Å². The lowest BCUT2D eigenvalue weighted by molar-refractivity contribution is 1.07. The first kappa shape index (κ1) is 55.3. The van der Waals surface area contributed by atoms with Gasteiger partial charge in [0.1, 0.15) is 0 Å². The second-order valence-electron chi connectivity index (χ2n) is 24.3. The number of benzene rings is 13. The Morgan fingerprint density at radius 2 is 0.533 bits per heavy atom. The molecule has 0 radical (unpaired) electrons. The molecule has 6 nitrogen and oxygen atoms in total. The van der Waals surface area contributed by atoms with Crippen LogP contribution in [0, 0.1) is 39.0 Å². The van der Waals surface area contributed by atoms with Gasteiger partial charge in [0, 0.05) is 49.4 Å². The molecule has 0 N–H and O–H groups in total. The number of nitrogens with zero attached hydrogens (tertiary/aromatic N) is 6. The second kappa shape index (κ2) is 22.8. The minimum absolute atomic E-state index is 0.548. The van der Waals surface area contributed by atoms with Crippen LogP contribution in [0.5, 0.6) is 0 Å². The maximum Gasteiger partial charge on any atom is 0.164 e. The largest absolute Gasteiger partial charge is 0.309 e. The fourth-order valence-corrected chi connectivity index (χ4v) is 13.5. The van der Waals surface area contributed by atoms with Gasteiger partial charge in [-0.05, 0) is 174 Å². The highest BCUT2D eigenvalue weighted by atomic mass is 15.0. The van der Waals surface area contributed by atoms with Crippen LogP contribution in [0.4, 0.5) is 0 Å². The normalized spacial score (nSPS) is 11.5. The van der Waals surface area contributed by atoms with Crippen LogP contribution in [-0.4, -0.2) is 24.1 Å². The molecule has 92 heavy (non-hydrogen) atoms. The molecular formula is C86H60N6. The third-order valence-corrected chi connectivity index (χ3v) is 18.0. The monoisotopic (exact) mass is 1180 g/mol. The minimum atomic E-state index is 0.548. The molecular weight excluding hydrogens is 1120 g/mol. The van der Waals surface area contributed by atoms with Gasteiger partial charge in [-0.3, -0.25) is 0 Å². The molecule has 0 saturated carbocycles. The zero-order valence-electron chi connectivity index (χ0n) is 51.4. The summed E-state index contributed by atoms with van der Waals surface area (Å²) in [5.41, 5.74) is 27.5. The predicted molar refractivity (Wildman–Crippen MR) is 381 cm³/mol. The first-order valence-corrected chi connectivity index (χ1v) is 31.3. The summed E-state index contributed by atoms with van der Waals surface area (Å²) in [6, 6.07) is 107. The number of nitriles is 1. The summed E-state index contributed by atoms with van der Waals surface area (Å²) in [5, 5.41) is 14.6. The predicted octanol–water partition coefficient (Wildman–Crippen LogP) is 22.2. The van der Waals surface area contributed by atoms with Gasteiger partial charge in [0.15, 0.2) is 17.5 Å². The molecule has 13 aromatic carbocycles. The Morgan fingerprint density at radius 1 is 0.250 bits per heavy atom. The molecule has 0 bridgehead atoms. The molecule has 3 aromatic heterocycles. The molecule has 3 heterocycles. The maximum atomic E-state index is 10.0. The van der Waals surface area contributed by atoms with E-state index in [4.69, 9.17) is 15.0 Å². The Labute approximate surface area is 535 Å². The van der Waals surface area contributed by atoms with Gasteiger partial charge in [-0.2, -0.15) is 5.26 Å². The Balaban J connectivity index is 1.02. The third-order valence-electron chi connectivity index (χ3n) is 18.0. The fraction of sp³-hybridized carbons (Fsp3) is 0.0465. The Bertz CT molecular complexity index is 5370. The molecule has 0 atom stereocenters. The van der Waals surface area contributed by atoms with E-state index in [0.29, 0.717) is 23.0 Å². The number of hydrogen-bond acceptors (Lipinski definition) is 4. The van der Waals surface area contributed by atoms with E-state index in [9.17, 15) is 5.26 Å². The van der Waals surface area contributed by atoms with Crippen LogP contribution in [0.2, 0.25) is 0 Å². The maximum absolute atomic E-state index is 10.0. The zero-order valence-corrected chi connectivity index (χ0v) is 51.4. The van der Waals surface area contributed by atoms with Gasteiger partial charge < -0.3 is 9.13 Å². The Hall–Kier alpha value is -12.0. The average molecular weight is 1180 g/mol. The van der Waals surface area contributed by atoms with E-state index in [2.05, 4.69) is 286 Å². The van der Waals surface area contributed by atoms with Crippen LogP contribution < -0.4 is 0 Å². The second-order valence-corrected chi connectivity index (χ2v) is 24.3. The minimum Gasteiger partial charge on any atom is -0.309 e. The molecule has 0 saturated heterocycles. The number of hydrogen-bond donors (Lipinski definition) is 0. The van der Waals surface area contributed by atoms with Crippen molar-refractivity contribution in [1.82, 2.24) is 24.1 Å². The standard InChI is InChI=1S/C86H60N6/c1-54-15-11-23-62(43-54)67-32-38-79-73(48-67)74-49-68(63-24-12-16-55(2)44-63)33-39-80(74)91(79)78-37-31-66(59-29-27-58(53-87)28-30-59)47-72(78)77-52-71(86-89-84(60-19-7-5-8-20-60)88-85(90-86)61-21-9-6-10-22-61)36-42-83(77)92-81-40-34-69(64-25-13-17-56(3)45-64)50-75(81)76-51-70(35-41-82(76)92)65-26-14-18-57(4)46-65/h5-52H,1-4H3. The van der Waals surface area contributed by atoms with E-state index in [1.54, 1.807) is 0 Å². The average Bonchev–Trinajstić information content (AvgIpc) is 1.67. The molecule has 0 spiro atoms. The van der Waals surface area contributed by atoms with Gasteiger partial charge in [-0.25, -0.2) is 15.0 Å². The lowest BCUT2D eigenvalue weighted by atomic mass is 9.94. The van der Waals surface area contributed by atoms with E-state index >= 15 is 0 Å². The van der Waals surface area contributed by atoms with E-state index in [1.165, 1.54) is 44.5 Å². The first-order valence-electron chi connectivity index (χ1n) is 31.3. The molecule has 0 aliphatic carbocycles. The summed E-state index contributed by atoms with van der Waals surface area (Å²) in [6.07, 6.45) is 0. The van der Waals surface area contributed by atoms with Crippen molar-refractivity contribution in [3.05, 3.63) is 319 Å². The SMILES string of the molecule is Cc1cccc(-c2ccc3c(c2)c2cc(-c4cccc(C)c4)ccc2n3-c2ccc(-c3ccc(C#N)cc3)cc2-c2cc(-c3nc(-c4ccccc4)nc(-c4ccccc4)n3)ccc2-n2c3ccc(-c4cccc(C)c4)cc3c3cc(-c4cccc(C)c4)ccc32)c1. The van der Waals surface area contributed by atoms with Crippen molar-refractivity contribution in [1.29, 1.82) is 5.26 Å². The highest BCUT2D eigenvalue weighted by molar-refractivity contribution is 6.14. The van der Waals surface area contributed by atoms with Crippen LogP contribution >= 0.6 is 0 Å². The highest BCUT2D eigenvalue weighted by Crippen LogP contribution is 2.46. The molecule has 6 heteroatoms. The molecule has 0 aliphatic rings. The lowest BCUT2D eigenvalue weighted by Crippen LogP contribution is -2.04. The van der Waals surface area contributed by atoms with Crippen molar-refractivity contribution in [2.75, 3.05) is 0 Å². The molecule has 0 aliphatic heterocycles. The fourth-order valence-electron chi connectivity index (χ4n) is 13.5. The van der Waals surface area contributed by atoms with E-state index in [-0.39, 0.29) is 0 Å². The Morgan fingerprint density at radius 3 is 0.880 bits per heavy atom. The van der Waals surface area contributed by atoms with Crippen molar-refractivity contribution >= 4 is 43.6 Å². The summed E-state index contributed by atoms with van der Waals surface area (Å²) in [6.45, 7) is 8.63. The van der Waals surface area contributed by atoms with Gasteiger partial charge in [-0.15, -0.1) is 0 Å². The zero-order chi connectivity index (χ0) is 62.0. The van der Waals surface area contributed by atoms with Crippen molar-refractivity contribution in [2.24, 2.45) is 0 Å². The van der Waals surface area contributed by atoms with Crippen molar-refractivity contribution in [2.45, 2.75) is 27.7 Å². The van der Waals surface area contributed by atoms with Crippen LogP contribution in [-0.2, 0) is 0 Å². The van der Waals surface area contributed by atoms with Crippen molar-refractivity contribution < 1.29 is 0 Å². The molecule has 0 fully saturated rings. The third kappa shape index (κ3) is 10.1. The van der Waals surface area contributed by atoms with Crippen LogP contribution in [0.3, 0.4) is 0 Å². The number of aromatic nitrogens is 5. The van der Waals surface area contributed by atoms with Gasteiger partial charge in [0.05, 0.1) is 45.1 Å². The van der Waals surface area contributed by atoms with Crippen LogP contribution in [0.25, 0.3) is 156 Å². The smallest absolute Gasteiger partial charge is 0.164 e. The van der Waals surface area contributed by atoms with Crippen molar-refractivity contribution in [3.63, 3.8) is 0 Å². The van der Waals surface area contributed by atoms with Crippen LogP contribution in [0.1, 0.15) is 27.8 Å². The summed E-state index contributed by atoms with van der Waals surface area (Å²) >= 11 is 0. The van der Waals surface area contributed by atoms with Crippen LogP contribution in [0.15, 0.2) is 291 Å². The topological polar surface area (TPSA) is 72.3 Å². The molecule has 16 rings (SSSR count). The number of fused-ring (bicyclic) bond motifs is 6. The van der Waals surface area contributed by atoms with Gasteiger partial charge in [0.2, 0.25) is 0 Å². The Kier molecular flexibility index (Phi) is 13.7. The molecule has 434 valence electrons. The van der Waals surface area contributed by atoms with E-state index < -0.39 is 0 Å². The van der Waals surface area contributed by atoms with E-state index in [1.807, 2.05) is 48.5 Å². The van der Waals surface area contributed by atoms with Gasteiger partial charge in [-0.1, -0.05) is 222 Å². The molecule has 0 amide bonds. The quantitative estimate of drug-likeness (QED) is 0.129. The summed E-state index contributed by atoms with van der Waals surface area (Å²) in [7, 11) is 0. The molecule has 16 aromatic rings. The summed E-state index contributed by atoms with van der Waals surface area (Å²) < 4.78 is 4.94. The lowest BCUT2D eigenvalue weighted by Gasteiger charge is -2.21. The summed E-state index contributed by atoms with van der Waals surface area (Å²) in [5.74, 6) is 1.72.